The predicted octanol–water partition coefficient (Wildman–Crippen LogP) is 4.70. The summed E-state index contributed by atoms with van der Waals surface area (Å²) in [5.74, 6) is 0. The maximum absolute atomic E-state index is 5.35. The molecular formula is C21H30Cl3N3. The van der Waals surface area contributed by atoms with Crippen molar-refractivity contribution < 1.29 is 0 Å². The Balaban J connectivity index is -0.000000303. The van der Waals surface area contributed by atoms with Crippen LogP contribution in [0.5, 0.6) is 0 Å². The van der Waals surface area contributed by atoms with E-state index < -0.39 is 0 Å². The molecule has 27 heavy (non-hydrogen) atoms. The van der Waals surface area contributed by atoms with Crippen LogP contribution in [0.3, 0.4) is 0 Å². The van der Waals surface area contributed by atoms with Crippen molar-refractivity contribution in [2.45, 2.75) is 19.6 Å². The highest BCUT2D eigenvalue weighted by atomic mass is 35.5. The molecule has 3 rings (SSSR count). The van der Waals surface area contributed by atoms with Crippen molar-refractivity contribution in [3.05, 3.63) is 108 Å². The van der Waals surface area contributed by atoms with E-state index >= 15 is 0 Å². The summed E-state index contributed by atoms with van der Waals surface area (Å²) in [7, 11) is 0. The number of halogens is 3. The fraction of sp³-hybridized carbons (Fsp3) is 0.143. The van der Waals surface area contributed by atoms with Gasteiger partial charge in [-0.1, -0.05) is 91.0 Å². The minimum Gasteiger partial charge on any atom is -0.326 e. The average Bonchev–Trinajstić information content (AvgIpc) is 2.71. The van der Waals surface area contributed by atoms with Crippen LogP contribution in [0.1, 0.15) is 16.7 Å². The van der Waals surface area contributed by atoms with Gasteiger partial charge in [0.2, 0.25) is 0 Å². The second kappa shape index (κ2) is 20.7. The third-order valence-electron chi connectivity index (χ3n) is 3.24. The molecule has 0 saturated carbocycles. The zero-order chi connectivity index (χ0) is 17.5. The summed E-state index contributed by atoms with van der Waals surface area (Å²) < 4.78 is 0. The second-order valence-electron chi connectivity index (χ2n) is 5.07. The second-order valence-corrected chi connectivity index (χ2v) is 5.07. The summed E-state index contributed by atoms with van der Waals surface area (Å²) in [6, 6.07) is 30.0. The van der Waals surface area contributed by atoms with Gasteiger partial charge in [-0.3, -0.25) is 0 Å². The minimum atomic E-state index is 0. The molecule has 0 saturated heterocycles. The highest BCUT2D eigenvalue weighted by Gasteiger charge is 1.81. The fourth-order valence-corrected chi connectivity index (χ4v) is 1.84. The van der Waals surface area contributed by atoms with E-state index in [-0.39, 0.29) is 37.2 Å². The number of hydrogen-bond acceptors (Lipinski definition) is 3. The molecule has 0 bridgehead atoms. The van der Waals surface area contributed by atoms with Crippen LogP contribution in [0.25, 0.3) is 0 Å². The smallest absolute Gasteiger partial charge is 0.0178 e. The Morgan fingerprint density at radius 2 is 0.556 bits per heavy atom. The molecular weight excluding hydrogens is 401 g/mol. The quantitative estimate of drug-likeness (QED) is 0.563. The zero-order valence-corrected chi connectivity index (χ0v) is 17.7. The first kappa shape index (κ1) is 30.1. The highest BCUT2D eigenvalue weighted by molar-refractivity contribution is 5.86. The topological polar surface area (TPSA) is 78.1 Å². The molecule has 0 aliphatic rings. The van der Waals surface area contributed by atoms with Gasteiger partial charge in [-0.25, -0.2) is 0 Å². The number of benzene rings is 3. The van der Waals surface area contributed by atoms with Crippen LogP contribution in [0.15, 0.2) is 91.0 Å². The molecule has 0 fully saturated rings. The van der Waals surface area contributed by atoms with E-state index in [4.69, 9.17) is 17.2 Å². The summed E-state index contributed by atoms with van der Waals surface area (Å²) in [5, 5.41) is 0. The van der Waals surface area contributed by atoms with Crippen LogP contribution in [0.4, 0.5) is 0 Å². The molecule has 0 unspecified atom stereocenters. The van der Waals surface area contributed by atoms with E-state index in [1.165, 1.54) is 16.7 Å². The van der Waals surface area contributed by atoms with Crippen LogP contribution in [0, 0.1) is 0 Å². The molecule has 3 aromatic rings. The Kier molecular flexibility index (Phi) is 23.1. The Labute approximate surface area is 181 Å². The summed E-state index contributed by atoms with van der Waals surface area (Å²) in [6.45, 7) is 1.92. The van der Waals surface area contributed by atoms with Crippen LogP contribution < -0.4 is 17.2 Å². The maximum atomic E-state index is 5.35. The Morgan fingerprint density at radius 1 is 0.370 bits per heavy atom. The zero-order valence-electron chi connectivity index (χ0n) is 15.2. The first-order valence-electron chi connectivity index (χ1n) is 8.02. The molecule has 3 aromatic carbocycles. The van der Waals surface area contributed by atoms with E-state index in [0.717, 1.165) is 0 Å². The molecule has 0 atom stereocenters. The van der Waals surface area contributed by atoms with Crippen molar-refractivity contribution in [2.24, 2.45) is 17.2 Å². The van der Waals surface area contributed by atoms with Crippen LogP contribution in [-0.2, 0) is 19.6 Å². The Morgan fingerprint density at radius 3 is 0.667 bits per heavy atom. The third-order valence-corrected chi connectivity index (χ3v) is 3.24. The first-order chi connectivity index (χ1) is 11.8. The van der Waals surface area contributed by atoms with Gasteiger partial charge in [0.15, 0.2) is 0 Å². The van der Waals surface area contributed by atoms with Gasteiger partial charge in [-0.15, -0.1) is 37.2 Å². The van der Waals surface area contributed by atoms with E-state index in [2.05, 4.69) is 0 Å². The molecule has 0 heterocycles. The van der Waals surface area contributed by atoms with Crippen molar-refractivity contribution in [2.75, 3.05) is 0 Å². The van der Waals surface area contributed by atoms with Gasteiger partial charge in [-0.05, 0) is 16.7 Å². The third kappa shape index (κ3) is 15.2. The molecule has 6 heteroatoms. The van der Waals surface area contributed by atoms with E-state index in [9.17, 15) is 0 Å². The lowest BCUT2D eigenvalue weighted by Crippen LogP contribution is -1.94. The average molecular weight is 431 g/mol. The van der Waals surface area contributed by atoms with Crippen molar-refractivity contribution in [3.63, 3.8) is 0 Å². The van der Waals surface area contributed by atoms with Gasteiger partial charge in [0.05, 0.1) is 0 Å². The molecule has 0 aliphatic carbocycles. The molecule has 3 nitrogen and oxygen atoms in total. The van der Waals surface area contributed by atoms with E-state index in [1.807, 2.05) is 91.0 Å². The lowest BCUT2D eigenvalue weighted by molar-refractivity contribution is 1.07. The van der Waals surface area contributed by atoms with Crippen LogP contribution in [0.2, 0.25) is 0 Å². The van der Waals surface area contributed by atoms with Crippen molar-refractivity contribution in [3.8, 4) is 0 Å². The predicted molar refractivity (Wildman–Crippen MR) is 125 cm³/mol. The standard InChI is InChI=1S/3C7H9N.3ClH/c3*8-6-7-4-2-1-3-5-7;;;/h3*1-5H,6,8H2;3*1H. The first-order valence-corrected chi connectivity index (χ1v) is 8.02. The summed E-state index contributed by atoms with van der Waals surface area (Å²) in [6.07, 6.45) is 0. The number of rotatable bonds is 3. The summed E-state index contributed by atoms with van der Waals surface area (Å²) >= 11 is 0. The summed E-state index contributed by atoms with van der Waals surface area (Å²) in [4.78, 5) is 0. The monoisotopic (exact) mass is 429 g/mol. The Bertz CT molecular complexity index is 545. The minimum absolute atomic E-state index is 0. The fourth-order valence-electron chi connectivity index (χ4n) is 1.84. The lowest BCUT2D eigenvalue weighted by atomic mass is 10.2. The lowest BCUT2D eigenvalue weighted by Gasteiger charge is -1.90. The van der Waals surface area contributed by atoms with Gasteiger partial charge in [-0.2, -0.15) is 0 Å². The largest absolute Gasteiger partial charge is 0.326 e. The van der Waals surface area contributed by atoms with Gasteiger partial charge >= 0.3 is 0 Å². The molecule has 0 radical (unpaired) electrons. The number of hydrogen-bond donors (Lipinski definition) is 3. The van der Waals surface area contributed by atoms with Gasteiger partial charge < -0.3 is 17.2 Å². The van der Waals surface area contributed by atoms with Gasteiger partial charge in [0, 0.05) is 19.6 Å². The van der Waals surface area contributed by atoms with Gasteiger partial charge in [0.25, 0.3) is 0 Å². The van der Waals surface area contributed by atoms with Crippen LogP contribution >= 0.6 is 37.2 Å². The molecule has 0 amide bonds. The van der Waals surface area contributed by atoms with Crippen LogP contribution in [-0.4, -0.2) is 0 Å². The van der Waals surface area contributed by atoms with Crippen molar-refractivity contribution in [1.29, 1.82) is 0 Å². The highest BCUT2D eigenvalue weighted by Crippen LogP contribution is 1.95. The number of nitrogens with two attached hydrogens (primary N) is 3. The van der Waals surface area contributed by atoms with E-state index in [0.29, 0.717) is 19.6 Å². The van der Waals surface area contributed by atoms with Crippen molar-refractivity contribution >= 4 is 37.2 Å². The molecule has 6 N–H and O–H groups in total. The molecule has 150 valence electrons. The van der Waals surface area contributed by atoms with Crippen molar-refractivity contribution in [1.82, 2.24) is 0 Å². The Hall–Kier alpha value is -1.59. The maximum Gasteiger partial charge on any atom is 0.0178 e. The molecule has 0 aliphatic heterocycles. The molecule has 0 spiro atoms. The SMILES string of the molecule is Cl.Cl.Cl.NCc1ccccc1.NCc1ccccc1.NCc1ccccc1. The van der Waals surface area contributed by atoms with E-state index in [1.54, 1.807) is 0 Å². The summed E-state index contributed by atoms with van der Waals surface area (Å²) in [5.41, 5.74) is 19.6. The normalized spacial score (nSPS) is 8.11. The van der Waals surface area contributed by atoms with Gasteiger partial charge in [0.1, 0.15) is 0 Å². The molecule has 0 aromatic heterocycles.